The molecule has 106 valence electrons. The lowest BCUT2D eigenvalue weighted by Crippen LogP contribution is -2.20. The summed E-state index contributed by atoms with van der Waals surface area (Å²) in [5.74, 6) is -0.925. The average molecular weight is 282 g/mol. The molecule has 0 spiro atoms. The molecule has 21 heavy (non-hydrogen) atoms. The molecule has 0 aliphatic rings. The molecule has 0 aliphatic carbocycles. The molecule has 0 heterocycles. The molecule has 2 aromatic carbocycles. The van der Waals surface area contributed by atoms with Gasteiger partial charge in [0.05, 0.1) is 11.7 Å². The van der Waals surface area contributed by atoms with Gasteiger partial charge in [0.25, 0.3) is 0 Å². The van der Waals surface area contributed by atoms with Crippen LogP contribution in [0.3, 0.4) is 0 Å². The van der Waals surface area contributed by atoms with E-state index in [1.165, 1.54) is 0 Å². The molecular formula is C16H12NO4-. The van der Waals surface area contributed by atoms with Crippen LogP contribution in [-0.4, -0.2) is 11.9 Å². The molecule has 0 bridgehead atoms. The number of amides is 1. The van der Waals surface area contributed by atoms with Crippen molar-refractivity contribution in [3.63, 3.8) is 0 Å². The summed E-state index contributed by atoms with van der Waals surface area (Å²) in [5, 5.41) is 12.8. The molecule has 0 saturated carbocycles. The number of para-hydroxylation sites is 3. The van der Waals surface area contributed by atoms with Crippen LogP contribution in [0.2, 0.25) is 0 Å². The molecule has 2 aromatic rings. The molecule has 1 amide bonds. The predicted octanol–water partition coefficient (Wildman–Crippen LogP) is 1.72. The first-order chi connectivity index (χ1) is 10.1. The van der Waals surface area contributed by atoms with Crippen molar-refractivity contribution in [2.24, 2.45) is 0 Å². The first kappa shape index (κ1) is 14.3. The van der Waals surface area contributed by atoms with Gasteiger partial charge in [-0.3, -0.25) is 4.79 Å². The number of aliphatic carboxylic acids is 1. The Bertz CT molecular complexity index is 665. The molecule has 0 atom stereocenters. The van der Waals surface area contributed by atoms with Crippen LogP contribution in [0.1, 0.15) is 0 Å². The number of anilines is 1. The predicted molar refractivity (Wildman–Crippen MR) is 75.7 cm³/mol. The highest BCUT2D eigenvalue weighted by Gasteiger charge is 2.06. The van der Waals surface area contributed by atoms with E-state index in [1.807, 2.05) is 18.2 Å². The number of benzene rings is 2. The van der Waals surface area contributed by atoms with Gasteiger partial charge in [0.15, 0.2) is 5.75 Å². The van der Waals surface area contributed by atoms with Crippen LogP contribution in [0.25, 0.3) is 0 Å². The zero-order chi connectivity index (χ0) is 15.1. The van der Waals surface area contributed by atoms with Gasteiger partial charge in [-0.15, -0.1) is 0 Å². The second-order valence-corrected chi connectivity index (χ2v) is 4.05. The van der Waals surface area contributed by atoms with Gasteiger partial charge in [-0.05, 0) is 30.3 Å². The van der Waals surface area contributed by atoms with Crippen molar-refractivity contribution in [1.29, 1.82) is 0 Å². The molecule has 5 heteroatoms. The second kappa shape index (κ2) is 6.91. The fourth-order valence-electron chi connectivity index (χ4n) is 1.59. The highest BCUT2D eigenvalue weighted by molar-refractivity contribution is 6.02. The third kappa shape index (κ3) is 4.50. The summed E-state index contributed by atoms with van der Waals surface area (Å²) in [6.07, 6.45) is 1.55. The third-order valence-electron chi connectivity index (χ3n) is 2.49. The van der Waals surface area contributed by atoms with Gasteiger partial charge in [0.1, 0.15) is 5.75 Å². The van der Waals surface area contributed by atoms with Gasteiger partial charge in [-0.1, -0.05) is 30.3 Å². The van der Waals surface area contributed by atoms with Crippen molar-refractivity contribution in [3.05, 3.63) is 66.7 Å². The number of carboxylic acid groups (broad SMARTS) is 1. The van der Waals surface area contributed by atoms with E-state index in [9.17, 15) is 14.7 Å². The summed E-state index contributed by atoms with van der Waals surface area (Å²) in [6, 6.07) is 16.0. The van der Waals surface area contributed by atoms with Crippen molar-refractivity contribution in [2.75, 3.05) is 5.32 Å². The molecule has 0 radical (unpaired) electrons. The van der Waals surface area contributed by atoms with E-state index in [-0.39, 0.29) is 0 Å². The normalized spacial score (nSPS) is 10.3. The number of carboxylic acids is 1. The largest absolute Gasteiger partial charge is 0.545 e. The minimum Gasteiger partial charge on any atom is -0.545 e. The minimum atomic E-state index is -1.43. The fraction of sp³-hybridized carbons (Fsp3) is 0. The summed E-state index contributed by atoms with van der Waals surface area (Å²) in [7, 11) is 0. The van der Waals surface area contributed by atoms with Crippen LogP contribution in [0.4, 0.5) is 5.69 Å². The van der Waals surface area contributed by atoms with Gasteiger partial charge >= 0.3 is 0 Å². The smallest absolute Gasteiger partial charge is 0.248 e. The van der Waals surface area contributed by atoms with Crippen molar-refractivity contribution < 1.29 is 19.4 Å². The van der Waals surface area contributed by atoms with Gasteiger partial charge < -0.3 is 20.0 Å². The van der Waals surface area contributed by atoms with E-state index in [0.717, 1.165) is 6.08 Å². The number of rotatable bonds is 5. The number of nitrogens with one attached hydrogen (secondary N) is 1. The summed E-state index contributed by atoms with van der Waals surface area (Å²) in [6.45, 7) is 0. The maximum absolute atomic E-state index is 11.6. The SMILES string of the molecule is O=C([O-])C=CC(=O)Nc1ccccc1Oc1ccccc1. The van der Waals surface area contributed by atoms with Crippen LogP contribution < -0.4 is 15.2 Å². The molecule has 1 N–H and O–H groups in total. The van der Waals surface area contributed by atoms with Gasteiger partial charge in [0, 0.05) is 6.08 Å². The summed E-state index contributed by atoms with van der Waals surface area (Å²) < 4.78 is 5.67. The van der Waals surface area contributed by atoms with Crippen molar-refractivity contribution in [3.8, 4) is 11.5 Å². The molecule has 5 nitrogen and oxygen atoms in total. The molecule has 0 aliphatic heterocycles. The summed E-state index contributed by atoms with van der Waals surface area (Å²) in [4.78, 5) is 21.8. The summed E-state index contributed by atoms with van der Waals surface area (Å²) in [5.41, 5.74) is 0.439. The maximum Gasteiger partial charge on any atom is 0.248 e. The highest BCUT2D eigenvalue weighted by atomic mass is 16.5. The zero-order valence-corrected chi connectivity index (χ0v) is 11.0. The maximum atomic E-state index is 11.6. The average Bonchev–Trinajstić information content (AvgIpc) is 2.48. The van der Waals surface area contributed by atoms with Crippen LogP contribution >= 0.6 is 0 Å². The Morgan fingerprint density at radius 3 is 2.33 bits per heavy atom. The van der Waals surface area contributed by atoms with E-state index in [2.05, 4.69) is 5.32 Å². The third-order valence-corrected chi connectivity index (χ3v) is 2.49. The van der Waals surface area contributed by atoms with Crippen molar-refractivity contribution >= 4 is 17.6 Å². The fourth-order valence-corrected chi connectivity index (χ4v) is 1.59. The van der Waals surface area contributed by atoms with E-state index in [4.69, 9.17) is 4.74 Å². The standard InChI is InChI=1S/C16H13NO4/c18-15(10-11-16(19)20)17-13-8-4-5-9-14(13)21-12-6-2-1-3-7-12/h1-11H,(H,17,18)(H,19,20)/p-1. The number of hydrogen-bond donors (Lipinski definition) is 1. The Morgan fingerprint density at radius 2 is 1.62 bits per heavy atom. The zero-order valence-electron chi connectivity index (χ0n) is 11.0. The number of ether oxygens (including phenoxy) is 1. The number of carbonyl (C=O) groups excluding carboxylic acids is 2. The van der Waals surface area contributed by atoms with Crippen LogP contribution in [0, 0.1) is 0 Å². The Hall–Kier alpha value is -3.08. The quantitative estimate of drug-likeness (QED) is 0.847. The molecule has 0 saturated heterocycles. The number of carbonyl (C=O) groups is 2. The second-order valence-electron chi connectivity index (χ2n) is 4.05. The van der Waals surface area contributed by atoms with Crippen LogP contribution in [0.15, 0.2) is 66.7 Å². The molecule has 0 fully saturated rings. The van der Waals surface area contributed by atoms with E-state index < -0.39 is 11.9 Å². The number of hydrogen-bond acceptors (Lipinski definition) is 4. The van der Waals surface area contributed by atoms with E-state index in [1.54, 1.807) is 36.4 Å². The summed E-state index contributed by atoms with van der Waals surface area (Å²) >= 11 is 0. The highest BCUT2D eigenvalue weighted by Crippen LogP contribution is 2.28. The lowest BCUT2D eigenvalue weighted by Gasteiger charge is -2.11. The van der Waals surface area contributed by atoms with E-state index in [0.29, 0.717) is 23.3 Å². The van der Waals surface area contributed by atoms with Gasteiger partial charge in [-0.25, -0.2) is 0 Å². The first-order valence-corrected chi connectivity index (χ1v) is 6.17. The minimum absolute atomic E-state index is 0.439. The monoisotopic (exact) mass is 282 g/mol. The van der Waals surface area contributed by atoms with Crippen molar-refractivity contribution in [2.45, 2.75) is 0 Å². The topological polar surface area (TPSA) is 78.5 Å². The molecular weight excluding hydrogens is 270 g/mol. The van der Waals surface area contributed by atoms with Gasteiger partial charge in [-0.2, -0.15) is 0 Å². The molecule has 0 unspecified atom stereocenters. The van der Waals surface area contributed by atoms with Crippen LogP contribution in [-0.2, 0) is 9.59 Å². The lowest BCUT2D eigenvalue weighted by molar-refractivity contribution is -0.297. The molecule has 2 rings (SSSR count). The van der Waals surface area contributed by atoms with E-state index >= 15 is 0 Å². The van der Waals surface area contributed by atoms with Crippen molar-refractivity contribution in [1.82, 2.24) is 0 Å². The lowest BCUT2D eigenvalue weighted by atomic mass is 10.2. The Kier molecular flexibility index (Phi) is 4.71. The van der Waals surface area contributed by atoms with Gasteiger partial charge in [0.2, 0.25) is 5.91 Å². The first-order valence-electron chi connectivity index (χ1n) is 6.17. The Morgan fingerprint density at radius 1 is 0.952 bits per heavy atom. The Balaban J connectivity index is 2.14. The van der Waals surface area contributed by atoms with Crippen LogP contribution in [0.5, 0.6) is 11.5 Å². The molecule has 0 aromatic heterocycles. The Labute approximate surface area is 121 Å².